The highest BCUT2D eigenvalue weighted by atomic mass is 35.5. The Bertz CT molecular complexity index is 432. The Morgan fingerprint density at radius 2 is 1.79 bits per heavy atom. The molecule has 0 unspecified atom stereocenters. The Kier molecular flexibility index (Phi) is 4.39. The van der Waals surface area contributed by atoms with Crippen molar-refractivity contribution in [2.45, 2.75) is 32.9 Å². The number of nitrogens with zero attached hydrogens (tertiary/aromatic N) is 2. The van der Waals surface area contributed by atoms with Gasteiger partial charge in [0.05, 0.1) is 0 Å². The lowest BCUT2D eigenvalue weighted by Gasteiger charge is -2.43. The number of hydrogen-bond donors (Lipinski definition) is 1. The number of anilines is 1. The molecule has 0 atom stereocenters. The van der Waals surface area contributed by atoms with Gasteiger partial charge in [0, 0.05) is 54.5 Å². The van der Waals surface area contributed by atoms with E-state index in [0.29, 0.717) is 6.54 Å². The van der Waals surface area contributed by atoms with Gasteiger partial charge >= 0.3 is 0 Å². The lowest BCUT2D eigenvalue weighted by atomic mass is 10.0. The fourth-order valence-electron chi connectivity index (χ4n) is 2.66. The molecule has 0 aliphatic carbocycles. The number of halogens is 1. The predicted octanol–water partition coefficient (Wildman–Crippen LogP) is 2.72. The van der Waals surface area contributed by atoms with E-state index < -0.39 is 0 Å². The van der Waals surface area contributed by atoms with Crippen molar-refractivity contribution < 1.29 is 0 Å². The zero-order valence-corrected chi connectivity index (χ0v) is 12.9. The number of rotatable bonds is 2. The van der Waals surface area contributed by atoms with Gasteiger partial charge in [0.2, 0.25) is 0 Å². The molecule has 0 aromatic heterocycles. The van der Waals surface area contributed by atoms with Gasteiger partial charge in [-0.05, 0) is 32.9 Å². The van der Waals surface area contributed by atoms with Crippen molar-refractivity contribution in [1.82, 2.24) is 4.90 Å². The molecule has 1 aliphatic heterocycles. The summed E-state index contributed by atoms with van der Waals surface area (Å²) < 4.78 is 0. The highest BCUT2D eigenvalue weighted by molar-refractivity contribution is 6.31. The van der Waals surface area contributed by atoms with Crippen LogP contribution >= 0.6 is 11.6 Å². The number of piperazine rings is 1. The highest BCUT2D eigenvalue weighted by Gasteiger charge is 2.26. The zero-order chi connectivity index (χ0) is 14.0. The first-order valence-corrected chi connectivity index (χ1v) is 7.28. The third kappa shape index (κ3) is 3.22. The van der Waals surface area contributed by atoms with Crippen molar-refractivity contribution in [1.29, 1.82) is 0 Å². The van der Waals surface area contributed by atoms with Crippen LogP contribution in [0.5, 0.6) is 0 Å². The lowest BCUT2D eigenvalue weighted by Crippen LogP contribution is -2.53. The molecule has 2 rings (SSSR count). The quantitative estimate of drug-likeness (QED) is 0.905. The van der Waals surface area contributed by atoms with E-state index in [2.05, 4.69) is 36.6 Å². The molecule has 4 heteroatoms. The summed E-state index contributed by atoms with van der Waals surface area (Å²) in [5, 5.41) is 0.776. The van der Waals surface area contributed by atoms with E-state index in [4.69, 9.17) is 17.3 Å². The molecular weight excluding hydrogens is 258 g/mol. The van der Waals surface area contributed by atoms with Crippen LogP contribution in [0, 0.1) is 0 Å². The normalized spacial score (nSPS) is 17.8. The molecule has 1 heterocycles. The molecule has 0 spiro atoms. The average molecular weight is 282 g/mol. The second-order valence-corrected chi connectivity index (χ2v) is 6.49. The van der Waals surface area contributed by atoms with Crippen LogP contribution in [0.1, 0.15) is 26.3 Å². The van der Waals surface area contributed by atoms with E-state index in [0.717, 1.165) is 36.8 Å². The fourth-order valence-corrected chi connectivity index (χ4v) is 2.91. The maximum absolute atomic E-state index is 6.23. The third-order valence-corrected chi connectivity index (χ3v) is 4.22. The second-order valence-electron chi connectivity index (χ2n) is 6.09. The molecule has 1 fully saturated rings. The Labute approximate surface area is 121 Å². The summed E-state index contributed by atoms with van der Waals surface area (Å²) in [6.07, 6.45) is 0. The lowest BCUT2D eigenvalue weighted by molar-refractivity contribution is 0.128. The van der Waals surface area contributed by atoms with Gasteiger partial charge in [0.25, 0.3) is 0 Å². The Balaban J connectivity index is 2.12. The first-order valence-electron chi connectivity index (χ1n) is 6.91. The van der Waals surface area contributed by atoms with Gasteiger partial charge in [-0.15, -0.1) is 0 Å². The largest absolute Gasteiger partial charge is 0.369 e. The summed E-state index contributed by atoms with van der Waals surface area (Å²) in [6.45, 7) is 11.5. The van der Waals surface area contributed by atoms with Gasteiger partial charge in [-0.3, -0.25) is 4.90 Å². The summed E-state index contributed by atoms with van der Waals surface area (Å²) >= 11 is 6.23. The molecule has 1 aromatic rings. The van der Waals surface area contributed by atoms with E-state index in [1.165, 1.54) is 5.69 Å². The van der Waals surface area contributed by atoms with Crippen LogP contribution in [0.4, 0.5) is 5.69 Å². The molecule has 106 valence electrons. The topological polar surface area (TPSA) is 32.5 Å². The van der Waals surface area contributed by atoms with Crippen LogP contribution in [-0.2, 0) is 6.54 Å². The van der Waals surface area contributed by atoms with E-state index >= 15 is 0 Å². The molecule has 3 nitrogen and oxygen atoms in total. The van der Waals surface area contributed by atoms with Crippen molar-refractivity contribution in [3.63, 3.8) is 0 Å². The van der Waals surface area contributed by atoms with Crippen LogP contribution < -0.4 is 10.6 Å². The standard InChI is InChI=1S/C15H24ClN3/c1-15(2,3)19-9-7-18(8-10-19)14-6-4-5-13(16)12(14)11-17/h4-6H,7-11,17H2,1-3H3. The predicted molar refractivity (Wildman–Crippen MR) is 82.9 cm³/mol. The molecule has 0 amide bonds. The third-order valence-electron chi connectivity index (χ3n) is 3.87. The van der Waals surface area contributed by atoms with Gasteiger partial charge < -0.3 is 10.6 Å². The van der Waals surface area contributed by atoms with Crippen LogP contribution in [0.15, 0.2) is 18.2 Å². The Morgan fingerprint density at radius 1 is 1.16 bits per heavy atom. The zero-order valence-electron chi connectivity index (χ0n) is 12.1. The van der Waals surface area contributed by atoms with Crippen molar-refractivity contribution >= 4 is 17.3 Å². The Hall–Kier alpha value is -0.770. The average Bonchev–Trinajstić information content (AvgIpc) is 2.37. The SMILES string of the molecule is CC(C)(C)N1CCN(c2cccc(Cl)c2CN)CC1. The summed E-state index contributed by atoms with van der Waals surface area (Å²) in [7, 11) is 0. The summed E-state index contributed by atoms with van der Waals surface area (Å²) in [6, 6.07) is 6.05. The molecule has 0 saturated carbocycles. The van der Waals surface area contributed by atoms with E-state index in [1.54, 1.807) is 0 Å². The van der Waals surface area contributed by atoms with Crippen LogP contribution in [0.25, 0.3) is 0 Å². The van der Waals surface area contributed by atoms with E-state index in [9.17, 15) is 0 Å². The van der Waals surface area contributed by atoms with Crippen molar-refractivity contribution in [3.8, 4) is 0 Å². The Morgan fingerprint density at radius 3 is 2.32 bits per heavy atom. The van der Waals surface area contributed by atoms with Gasteiger partial charge in [-0.1, -0.05) is 17.7 Å². The van der Waals surface area contributed by atoms with Crippen molar-refractivity contribution in [2.75, 3.05) is 31.1 Å². The van der Waals surface area contributed by atoms with Gasteiger partial charge in [-0.2, -0.15) is 0 Å². The molecule has 1 aliphatic rings. The van der Waals surface area contributed by atoms with E-state index in [-0.39, 0.29) is 5.54 Å². The minimum Gasteiger partial charge on any atom is -0.369 e. The first-order chi connectivity index (χ1) is 8.93. The van der Waals surface area contributed by atoms with Crippen molar-refractivity contribution in [2.24, 2.45) is 5.73 Å². The minimum atomic E-state index is 0.247. The van der Waals surface area contributed by atoms with E-state index in [1.807, 2.05) is 12.1 Å². The first kappa shape index (κ1) is 14.6. The maximum Gasteiger partial charge on any atom is 0.0471 e. The molecule has 19 heavy (non-hydrogen) atoms. The molecule has 1 aromatic carbocycles. The van der Waals surface area contributed by atoms with Crippen LogP contribution in [0.2, 0.25) is 5.02 Å². The maximum atomic E-state index is 6.23. The molecule has 0 bridgehead atoms. The second kappa shape index (κ2) is 5.70. The van der Waals surface area contributed by atoms with Gasteiger partial charge in [0.1, 0.15) is 0 Å². The minimum absolute atomic E-state index is 0.247. The number of hydrogen-bond acceptors (Lipinski definition) is 3. The number of nitrogens with two attached hydrogens (primary N) is 1. The highest BCUT2D eigenvalue weighted by Crippen LogP contribution is 2.28. The monoisotopic (exact) mass is 281 g/mol. The molecule has 1 saturated heterocycles. The molecule has 2 N–H and O–H groups in total. The van der Waals surface area contributed by atoms with Crippen LogP contribution in [-0.4, -0.2) is 36.6 Å². The summed E-state index contributed by atoms with van der Waals surface area (Å²) in [5.74, 6) is 0. The van der Waals surface area contributed by atoms with Crippen LogP contribution in [0.3, 0.4) is 0 Å². The summed E-state index contributed by atoms with van der Waals surface area (Å²) in [5.41, 5.74) is 8.34. The van der Waals surface area contributed by atoms with Crippen molar-refractivity contribution in [3.05, 3.63) is 28.8 Å². The summed E-state index contributed by atoms with van der Waals surface area (Å²) in [4.78, 5) is 4.92. The van der Waals surface area contributed by atoms with Gasteiger partial charge in [0.15, 0.2) is 0 Å². The smallest absolute Gasteiger partial charge is 0.0471 e. The number of benzene rings is 1. The fraction of sp³-hybridized carbons (Fsp3) is 0.600. The molecule has 0 radical (unpaired) electrons. The van der Waals surface area contributed by atoms with Gasteiger partial charge in [-0.25, -0.2) is 0 Å². The molecular formula is C15H24ClN3.